The second-order valence-electron chi connectivity index (χ2n) is 6.61. The Morgan fingerprint density at radius 2 is 1.89 bits per heavy atom. The Bertz CT molecular complexity index is 435. The van der Waals surface area contributed by atoms with Crippen LogP contribution in [0.4, 0.5) is 0 Å². The van der Waals surface area contributed by atoms with Crippen LogP contribution in [0.25, 0.3) is 0 Å². The minimum atomic E-state index is -0.576. The molecule has 2 N–H and O–H groups in total. The van der Waals surface area contributed by atoms with Crippen LogP contribution in [-0.2, 0) is 6.42 Å². The van der Waals surface area contributed by atoms with Crippen molar-refractivity contribution in [2.24, 2.45) is 5.41 Å². The molecule has 0 bridgehead atoms. The molecular formula is C17H27NO. The summed E-state index contributed by atoms with van der Waals surface area (Å²) < 4.78 is 0. The molecule has 0 amide bonds. The molecule has 106 valence electrons. The molecule has 0 radical (unpaired) electrons. The van der Waals surface area contributed by atoms with Gasteiger partial charge in [0.15, 0.2) is 0 Å². The third-order valence-corrected chi connectivity index (χ3v) is 4.75. The molecule has 0 spiro atoms. The average Bonchev–Trinajstić information content (AvgIpc) is 2.66. The van der Waals surface area contributed by atoms with Crippen molar-refractivity contribution in [2.45, 2.75) is 58.6 Å². The molecule has 1 unspecified atom stereocenters. The normalized spacial score (nSPS) is 21.4. The fourth-order valence-electron chi connectivity index (χ4n) is 3.17. The SMILES string of the molecule is CCC(O)(CC)CNC1c2ccccc2CC1(C)C. The summed E-state index contributed by atoms with van der Waals surface area (Å²) in [7, 11) is 0. The van der Waals surface area contributed by atoms with E-state index in [1.54, 1.807) is 0 Å². The summed E-state index contributed by atoms with van der Waals surface area (Å²) in [6.45, 7) is 9.39. The maximum atomic E-state index is 10.4. The maximum absolute atomic E-state index is 10.4. The van der Waals surface area contributed by atoms with Gasteiger partial charge in [-0.25, -0.2) is 0 Å². The van der Waals surface area contributed by atoms with Crippen molar-refractivity contribution in [3.63, 3.8) is 0 Å². The third-order valence-electron chi connectivity index (χ3n) is 4.75. The highest BCUT2D eigenvalue weighted by molar-refractivity contribution is 5.37. The Balaban J connectivity index is 2.15. The van der Waals surface area contributed by atoms with E-state index in [1.165, 1.54) is 11.1 Å². The van der Waals surface area contributed by atoms with Gasteiger partial charge in [0.05, 0.1) is 5.60 Å². The van der Waals surface area contributed by atoms with E-state index in [2.05, 4.69) is 57.3 Å². The van der Waals surface area contributed by atoms with Gasteiger partial charge >= 0.3 is 0 Å². The monoisotopic (exact) mass is 261 g/mol. The van der Waals surface area contributed by atoms with E-state index in [0.29, 0.717) is 12.6 Å². The molecule has 1 aromatic rings. The topological polar surface area (TPSA) is 32.3 Å². The van der Waals surface area contributed by atoms with E-state index < -0.39 is 5.60 Å². The molecule has 0 saturated carbocycles. The van der Waals surface area contributed by atoms with Crippen molar-refractivity contribution in [3.8, 4) is 0 Å². The van der Waals surface area contributed by atoms with Crippen LogP contribution in [0, 0.1) is 5.41 Å². The molecule has 0 fully saturated rings. The summed E-state index contributed by atoms with van der Waals surface area (Å²) in [5.74, 6) is 0. The molecule has 1 aliphatic carbocycles. The number of rotatable bonds is 5. The lowest BCUT2D eigenvalue weighted by molar-refractivity contribution is 0.0257. The molecule has 2 heteroatoms. The van der Waals surface area contributed by atoms with E-state index in [9.17, 15) is 5.11 Å². The molecule has 2 rings (SSSR count). The molecule has 0 saturated heterocycles. The number of nitrogens with one attached hydrogen (secondary N) is 1. The molecule has 19 heavy (non-hydrogen) atoms. The lowest BCUT2D eigenvalue weighted by Crippen LogP contribution is -2.43. The smallest absolute Gasteiger partial charge is 0.0766 e. The van der Waals surface area contributed by atoms with Crippen LogP contribution in [0.2, 0.25) is 0 Å². The van der Waals surface area contributed by atoms with Crippen LogP contribution >= 0.6 is 0 Å². The van der Waals surface area contributed by atoms with Crippen LogP contribution < -0.4 is 5.32 Å². The van der Waals surface area contributed by atoms with Crippen molar-refractivity contribution < 1.29 is 5.11 Å². The average molecular weight is 261 g/mol. The van der Waals surface area contributed by atoms with Crippen molar-refractivity contribution in [1.82, 2.24) is 5.32 Å². The van der Waals surface area contributed by atoms with Gasteiger partial charge < -0.3 is 10.4 Å². The lowest BCUT2D eigenvalue weighted by Gasteiger charge is -2.33. The molecule has 1 atom stereocenters. The highest BCUT2D eigenvalue weighted by Crippen LogP contribution is 2.45. The molecule has 1 aliphatic rings. The first-order valence-corrected chi connectivity index (χ1v) is 7.45. The van der Waals surface area contributed by atoms with Crippen molar-refractivity contribution in [1.29, 1.82) is 0 Å². The summed E-state index contributed by atoms with van der Waals surface area (Å²) >= 11 is 0. The summed E-state index contributed by atoms with van der Waals surface area (Å²) in [4.78, 5) is 0. The maximum Gasteiger partial charge on any atom is 0.0766 e. The Kier molecular flexibility index (Phi) is 4.03. The molecule has 0 heterocycles. The number of aliphatic hydroxyl groups is 1. The van der Waals surface area contributed by atoms with Crippen molar-refractivity contribution >= 4 is 0 Å². The second-order valence-corrected chi connectivity index (χ2v) is 6.61. The van der Waals surface area contributed by atoms with E-state index >= 15 is 0 Å². The molecule has 0 aromatic heterocycles. The van der Waals surface area contributed by atoms with Gasteiger partial charge in [-0.1, -0.05) is 52.0 Å². The van der Waals surface area contributed by atoms with Crippen LogP contribution in [0.15, 0.2) is 24.3 Å². The minimum absolute atomic E-state index is 0.214. The molecule has 0 aliphatic heterocycles. The standard InChI is InChI=1S/C17H27NO/c1-5-17(19,6-2)12-18-15-14-10-8-7-9-13(14)11-16(15,3)4/h7-10,15,18-19H,5-6,11-12H2,1-4H3. The first kappa shape index (κ1) is 14.5. The summed E-state index contributed by atoms with van der Waals surface area (Å²) in [6, 6.07) is 9.02. The molecular weight excluding hydrogens is 234 g/mol. The van der Waals surface area contributed by atoms with Crippen molar-refractivity contribution in [3.05, 3.63) is 35.4 Å². The van der Waals surface area contributed by atoms with Crippen LogP contribution in [0.1, 0.15) is 57.7 Å². The highest BCUT2D eigenvalue weighted by atomic mass is 16.3. The predicted octanol–water partition coefficient (Wildman–Crippen LogP) is 3.45. The number of hydrogen-bond acceptors (Lipinski definition) is 2. The molecule has 1 aromatic carbocycles. The van der Waals surface area contributed by atoms with Gasteiger partial charge in [-0.2, -0.15) is 0 Å². The quantitative estimate of drug-likeness (QED) is 0.851. The zero-order chi connectivity index (χ0) is 14.1. The zero-order valence-corrected chi connectivity index (χ0v) is 12.7. The number of hydrogen-bond donors (Lipinski definition) is 2. The van der Waals surface area contributed by atoms with Gasteiger partial charge in [0.1, 0.15) is 0 Å². The van der Waals surface area contributed by atoms with E-state index in [-0.39, 0.29) is 5.41 Å². The highest BCUT2D eigenvalue weighted by Gasteiger charge is 2.39. The minimum Gasteiger partial charge on any atom is -0.389 e. The van der Waals surface area contributed by atoms with Gasteiger partial charge in [0.25, 0.3) is 0 Å². The van der Waals surface area contributed by atoms with Gasteiger partial charge in [0.2, 0.25) is 0 Å². The lowest BCUT2D eigenvalue weighted by atomic mass is 9.84. The van der Waals surface area contributed by atoms with Crippen molar-refractivity contribution in [2.75, 3.05) is 6.54 Å². The Morgan fingerprint density at radius 3 is 2.53 bits per heavy atom. The Morgan fingerprint density at radius 1 is 1.26 bits per heavy atom. The van der Waals surface area contributed by atoms with Gasteiger partial charge in [-0.3, -0.25) is 0 Å². The van der Waals surface area contributed by atoms with Crippen LogP contribution in [-0.4, -0.2) is 17.3 Å². The Labute approximate surface area is 117 Å². The first-order chi connectivity index (χ1) is 8.92. The third kappa shape index (κ3) is 2.85. The van der Waals surface area contributed by atoms with E-state index in [1.807, 2.05) is 0 Å². The fourth-order valence-corrected chi connectivity index (χ4v) is 3.17. The summed E-state index contributed by atoms with van der Waals surface area (Å²) in [5.41, 5.74) is 2.49. The van der Waals surface area contributed by atoms with Gasteiger partial charge in [0, 0.05) is 12.6 Å². The molecule has 2 nitrogen and oxygen atoms in total. The second kappa shape index (κ2) is 5.26. The van der Waals surface area contributed by atoms with E-state index in [4.69, 9.17) is 0 Å². The van der Waals surface area contributed by atoms with Crippen LogP contribution in [0.3, 0.4) is 0 Å². The summed E-state index contributed by atoms with van der Waals surface area (Å²) in [6.07, 6.45) is 2.70. The van der Waals surface area contributed by atoms with Crippen LogP contribution in [0.5, 0.6) is 0 Å². The Hall–Kier alpha value is -0.860. The fraction of sp³-hybridized carbons (Fsp3) is 0.647. The first-order valence-electron chi connectivity index (χ1n) is 7.45. The van der Waals surface area contributed by atoms with E-state index in [0.717, 1.165) is 19.3 Å². The zero-order valence-electron chi connectivity index (χ0n) is 12.7. The number of benzene rings is 1. The largest absolute Gasteiger partial charge is 0.389 e. The summed E-state index contributed by atoms with van der Waals surface area (Å²) in [5, 5.41) is 14.1. The predicted molar refractivity (Wildman–Crippen MR) is 80.2 cm³/mol. The van der Waals surface area contributed by atoms with Gasteiger partial charge in [-0.15, -0.1) is 0 Å². The number of fused-ring (bicyclic) bond motifs is 1. The van der Waals surface area contributed by atoms with Gasteiger partial charge in [-0.05, 0) is 35.8 Å².